The fourth-order valence-electron chi connectivity index (χ4n) is 2.45. The minimum absolute atomic E-state index is 0.402. The Kier molecular flexibility index (Phi) is 4.25. The molecule has 1 aromatic rings. The summed E-state index contributed by atoms with van der Waals surface area (Å²) in [7, 11) is 0. The van der Waals surface area contributed by atoms with Crippen LogP contribution in [0.1, 0.15) is 44.2 Å². The summed E-state index contributed by atoms with van der Waals surface area (Å²) in [6, 6.07) is 8.53. The molecule has 1 fully saturated rings. The van der Waals surface area contributed by atoms with E-state index in [1.807, 2.05) is 18.2 Å². The largest absolute Gasteiger partial charge is 0.310 e. The van der Waals surface area contributed by atoms with Crippen molar-refractivity contribution in [2.45, 2.75) is 38.6 Å². The first-order valence-corrected chi connectivity index (χ1v) is 6.62. The number of hydrogen-bond donors (Lipinski definition) is 1. The standard InChI is InChI=1S/C14H20ClN/c1-11(13-7-4-8-14(15)9-13)16-10-12-5-2-3-6-12/h4,7-9,11-12,16H,2-3,5-6,10H2,1H3/t11-/m0/s1. The normalized spacial score (nSPS) is 18.9. The molecule has 1 aromatic carbocycles. The van der Waals surface area contributed by atoms with Crippen molar-refractivity contribution in [3.8, 4) is 0 Å². The van der Waals surface area contributed by atoms with Crippen LogP contribution < -0.4 is 5.32 Å². The maximum atomic E-state index is 5.99. The summed E-state index contributed by atoms with van der Waals surface area (Å²) in [6.07, 6.45) is 5.63. The van der Waals surface area contributed by atoms with E-state index in [2.05, 4.69) is 18.3 Å². The molecule has 2 heteroatoms. The van der Waals surface area contributed by atoms with Crippen LogP contribution in [-0.2, 0) is 0 Å². The lowest BCUT2D eigenvalue weighted by atomic mass is 10.1. The first-order valence-electron chi connectivity index (χ1n) is 6.24. The maximum absolute atomic E-state index is 5.99. The second-order valence-corrected chi connectivity index (χ2v) is 5.27. The average molecular weight is 238 g/mol. The zero-order chi connectivity index (χ0) is 11.4. The van der Waals surface area contributed by atoms with Crippen molar-refractivity contribution in [3.63, 3.8) is 0 Å². The van der Waals surface area contributed by atoms with Crippen LogP contribution in [0.3, 0.4) is 0 Å². The van der Waals surface area contributed by atoms with E-state index in [0.717, 1.165) is 17.5 Å². The van der Waals surface area contributed by atoms with Crippen molar-refractivity contribution >= 4 is 11.6 Å². The van der Waals surface area contributed by atoms with Crippen LogP contribution in [0.5, 0.6) is 0 Å². The van der Waals surface area contributed by atoms with Crippen LogP contribution in [-0.4, -0.2) is 6.54 Å². The highest BCUT2D eigenvalue weighted by Gasteiger charge is 2.15. The first kappa shape index (κ1) is 11.9. The van der Waals surface area contributed by atoms with Crippen LogP contribution in [0.2, 0.25) is 5.02 Å². The SMILES string of the molecule is C[C@H](NCC1CCCC1)c1cccc(Cl)c1. The average Bonchev–Trinajstić information content (AvgIpc) is 2.78. The third-order valence-corrected chi connectivity index (χ3v) is 3.77. The Morgan fingerprint density at radius 2 is 2.12 bits per heavy atom. The molecule has 0 aliphatic heterocycles. The van der Waals surface area contributed by atoms with Gasteiger partial charge in [0, 0.05) is 11.1 Å². The van der Waals surface area contributed by atoms with Crippen LogP contribution >= 0.6 is 11.6 Å². The molecule has 0 unspecified atom stereocenters. The molecule has 0 aromatic heterocycles. The van der Waals surface area contributed by atoms with E-state index in [9.17, 15) is 0 Å². The van der Waals surface area contributed by atoms with Crippen LogP contribution in [0, 0.1) is 5.92 Å². The summed E-state index contributed by atoms with van der Waals surface area (Å²) in [5.41, 5.74) is 1.28. The van der Waals surface area contributed by atoms with Gasteiger partial charge in [-0.1, -0.05) is 36.6 Å². The Morgan fingerprint density at radius 1 is 1.38 bits per heavy atom. The van der Waals surface area contributed by atoms with E-state index in [-0.39, 0.29) is 0 Å². The lowest BCUT2D eigenvalue weighted by Gasteiger charge is -2.17. The number of benzene rings is 1. The molecule has 0 heterocycles. The molecule has 1 atom stereocenters. The Morgan fingerprint density at radius 3 is 2.81 bits per heavy atom. The van der Waals surface area contributed by atoms with E-state index < -0.39 is 0 Å². The summed E-state index contributed by atoms with van der Waals surface area (Å²) < 4.78 is 0. The van der Waals surface area contributed by atoms with Crippen molar-refractivity contribution in [1.82, 2.24) is 5.32 Å². The predicted octanol–water partition coefficient (Wildman–Crippen LogP) is 4.18. The van der Waals surface area contributed by atoms with Crippen molar-refractivity contribution in [2.75, 3.05) is 6.54 Å². The molecule has 2 rings (SSSR count). The Labute approximate surface area is 103 Å². The molecule has 0 radical (unpaired) electrons. The van der Waals surface area contributed by atoms with Crippen molar-refractivity contribution < 1.29 is 0 Å². The van der Waals surface area contributed by atoms with Gasteiger partial charge in [-0.15, -0.1) is 0 Å². The number of nitrogens with one attached hydrogen (secondary N) is 1. The highest BCUT2D eigenvalue weighted by molar-refractivity contribution is 6.30. The summed E-state index contributed by atoms with van der Waals surface area (Å²) in [5, 5.41) is 4.44. The van der Waals surface area contributed by atoms with Crippen molar-refractivity contribution in [3.05, 3.63) is 34.9 Å². The van der Waals surface area contributed by atoms with Gasteiger partial charge in [-0.3, -0.25) is 0 Å². The molecule has 1 saturated carbocycles. The van der Waals surface area contributed by atoms with E-state index >= 15 is 0 Å². The molecule has 16 heavy (non-hydrogen) atoms. The molecule has 1 aliphatic rings. The molecular formula is C14H20ClN. The van der Waals surface area contributed by atoms with Gasteiger partial charge < -0.3 is 5.32 Å². The summed E-state index contributed by atoms with van der Waals surface area (Å²) >= 11 is 5.99. The molecule has 0 amide bonds. The van der Waals surface area contributed by atoms with Gasteiger partial charge in [0.2, 0.25) is 0 Å². The van der Waals surface area contributed by atoms with Gasteiger partial charge in [-0.05, 0) is 49.9 Å². The third-order valence-electron chi connectivity index (χ3n) is 3.54. The van der Waals surface area contributed by atoms with Gasteiger partial charge >= 0.3 is 0 Å². The van der Waals surface area contributed by atoms with Gasteiger partial charge in [0.25, 0.3) is 0 Å². The van der Waals surface area contributed by atoms with Gasteiger partial charge in [-0.2, -0.15) is 0 Å². The monoisotopic (exact) mass is 237 g/mol. The molecule has 1 nitrogen and oxygen atoms in total. The molecule has 1 aliphatic carbocycles. The zero-order valence-corrected chi connectivity index (χ0v) is 10.6. The van der Waals surface area contributed by atoms with E-state index in [4.69, 9.17) is 11.6 Å². The fourth-order valence-corrected chi connectivity index (χ4v) is 2.65. The molecule has 0 spiro atoms. The highest BCUT2D eigenvalue weighted by atomic mass is 35.5. The molecule has 1 N–H and O–H groups in total. The molecular weight excluding hydrogens is 218 g/mol. The zero-order valence-electron chi connectivity index (χ0n) is 9.88. The quantitative estimate of drug-likeness (QED) is 0.829. The summed E-state index contributed by atoms with van der Waals surface area (Å²) in [6.45, 7) is 3.36. The number of rotatable bonds is 4. The van der Waals surface area contributed by atoms with Crippen LogP contribution in [0.4, 0.5) is 0 Å². The van der Waals surface area contributed by atoms with Crippen molar-refractivity contribution in [1.29, 1.82) is 0 Å². The fraction of sp³-hybridized carbons (Fsp3) is 0.571. The van der Waals surface area contributed by atoms with Crippen LogP contribution in [0.25, 0.3) is 0 Å². The molecule has 0 saturated heterocycles. The molecule has 0 bridgehead atoms. The first-order chi connectivity index (χ1) is 7.75. The summed E-state index contributed by atoms with van der Waals surface area (Å²) in [4.78, 5) is 0. The lowest BCUT2D eigenvalue weighted by Crippen LogP contribution is -2.24. The maximum Gasteiger partial charge on any atom is 0.0409 e. The van der Waals surface area contributed by atoms with Gasteiger partial charge in [-0.25, -0.2) is 0 Å². The Hall–Kier alpha value is -0.530. The topological polar surface area (TPSA) is 12.0 Å². The van der Waals surface area contributed by atoms with Gasteiger partial charge in [0.05, 0.1) is 0 Å². The second-order valence-electron chi connectivity index (χ2n) is 4.84. The number of hydrogen-bond acceptors (Lipinski definition) is 1. The predicted molar refractivity (Wildman–Crippen MR) is 69.8 cm³/mol. The van der Waals surface area contributed by atoms with Crippen LogP contribution in [0.15, 0.2) is 24.3 Å². The van der Waals surface area contributed by atoms with E-state index in [1.54, 1.807) is 0 Å². The van der Waals surface area contributed by atoms with Gasteiger partial charge in [0.15, 0.2) is 0 Å². The summed E-state index contributed by atoms with van der Waals surface area (Å²) in [5.74, 6) is 0.890. The highest BCUT2D eigenvalue weighted by Crippen LogP contribution is 2.25. The van der Waals surface area contributed by atoms with E-state index in [0.29, 0.717) is 6.04 Å². The minimum atomic E-state index is 0.402. The smallest absolute Gasteiger partial charge is 0.0409 e. The molecule has 88 valence electrons. The van der Waals surface area contributed by atoms with Gasteiger partial charge in [0.1, 0.15) is 0 Å². The number of halogens is 1. The van der Waals surface area contributed by atoms with E-state index in [1.165, 1.54) is 31.2 Å². The van der Waals surface area contributed by atoms with Crippen molar-refractivity contribution in [2.24, 2.45) is 5.92 Å². The Balaban J connectivity index is 1.85. The third kappa shape index (κ3) is 3.23. The Bertz CT molecular complexity index is 331. The lowest BCUT2D eigenvalue weighted by molar-refractivity contribution is 0.452. The second kappa shape index (κ2) is 5.70. The minimum Gasteiger partial charge on any atom is -0.310 e.